The molecule has 4 nitrogen and oxygen atoms in total. The van der Waals surface area contributed by atoms with Crippen molar-refractivity contribution in [1.29, 1.82) is 0 Å². The summed E-state index contributed by atoms with van der Waals surface area (Å²) in [6.45, 7) is 0. The van der Waals surface area contributed by atoms with Gasteiger partial charge in [-0.25, -0.2) is 4.79 Å². The lowest BCUT2D eigenvalue weighted by Gasteiger charge is -2.10. The van der Waals surface area contributed by atoms with E-state index in [2.05, 4.69) is 5.32 Å². The van der Waals surface area contributed by atoms with E-state index in [-0.39, 0.29) is 21.8 Å². The van der Waals surface area contributed by atoms with E-state index in [1.807, 2.05) is 0 Å². The number of amides is 1. The number of rotatable bonds is 3. The molecule has 0 unspecified atom stereocenters. The van der Waals surface area contributed by atoms with Gasteiger partial charge in [-0.05, 0) is 30.3 Å². The second-order valence-corrected chi connectivity index (χ2v) is 5.36. The summed E-state index contributed by atoms with van der Waals surface area (Å²) in [7, 11) is 0. The third-order valence-electron chi connectivity index (χ3n) is 2.61. The fourth-order valence-corrected chi connectivity index (χ4v) is 2.45. The van der Waals surface area contributed by atoms with E-state index in [1.54, 1.807) is 0 Å². The molecule has 0 aliphatic heterocycles. The molecule has 0 aliphatic rings. The van der Waals surface area contributed by atoms with Crippen molar-refractivity contribution in [2.45, 2.75) is 0 Å². The van der Waals surface area contributed by atoms with E-state index in [0.29, 0.717) is 10.0 Å². The molecule has 0 aromatic heterocycles. The largest absolute Gasteiger partial charge is 0.478 e. The lowest BCUT2D eigenvalue weighted by Crippen LogP contribution is -2.15. The molecular weight excluding hydrogens is 337 g/mol. The highest BCUT2D eigenvalue weighted by atomic mass is 35.5. The molecule has 2 aromatic carbocycles. The van der Waals surface area contributed by atoms with Crippen molar-refractivity contribution in [2.24, 2.45) is 0 Å². The fourth-order valence-electron chi connectivity index (χ4n) is 1.70. The van der Waals surface area contributed by atoms with Crippen molar-refractivity contribution < 1.29 is 14.7 Å². The predicted octanol–water partition coefficient (Wildman–Crippen LogP) is 4.60. The molecule has 108 valence electrons. The van der Waals surface area contributed by atoms with Gasteiger partial charge in [0.15, 0.2) is 0 Å². The number of anilines is 1. The first-order chi connectivity index (χ1) is 9.88. The average molecular weight is 345 g/mol. The molecule has 0 heterocycles. The van der Waals surface area contributed by atoms with Crippen LogP contribution < -0.4 is 5.32 Å². The van der Waals surface area contributed by atoms with Gasteiger partial charge in [0.05, 0.1) is 16.3 Å². The van der Waals surface area contributed by atoms with Crippen LogP contribution in [-0.2, 0) is 0 Å². The second-order valence-electron chi connectivity index (χ2n) is 4.08. The van der Waals surface area contributed by atoms with Gasteiger partial charge in [-0.3, -0.25) is 4.79 Å². The van der Waals surface area contributed by atoms with Gasteiger partial charge in [0, 0.05) is 15.6 Å². The van der Waals surface area contributed by atoms with Gasteiger partial charge in [-0.1, -0.05) is 40.9 Å². The number of halogens is 3. The second kappa shape index (κ2) is 6.35. The Balaban J connectivity index is 2.38. The van der Waals surface area contributed by atoms with Crippen LogP contribution in [0.15, 0.2) is 36.4 Å². The van der Waals surface area contributed by atoms with Gasteiger partial charge in [-0.15, -0.1) is 0 Å². The molecule has 1 amide bonds. The Kier molecular flexibility index (Phi) is 4.73. The summed E-state index contributed by atoms with van der Waals surface area (Å²) >= 11 is 17.6. The molecule has 2 aromatic rings. The number of para-hydroxylation sites is 1. The van der Waals surface area contributed by atoms with Crippen molar-refractivity contribution in [1.82, 2.24) is 0 Å². The van der Waals surface area contributed by atoms with E-state index in [4.69, 9.17) is 39.9 Å². The highest BCUT2D eigenvalue weighted by Gasteiger charge is 2.17. The molecule has 0 fully saturated rings. The molecule has 2 rings (SSSR count). The van der Waals surface area contributed by atoms with Crippen molar-refractivity contribution >= 4 is 52.4 Å². The number of hydrogen-bond donors (Lipinski definition) is 2. The number of carbonyl (C=O) groups excluding carboxylic acids is 1. The number of carboxylic acids is 1. The van der Waals surface area contributed by atoms with E-state index >= 15 is 0 Å². The molecule has 0 radical (unpaired) electrons. The molecule has 0 saturated carbocycles. The summed E-state index contributed by atoms with van der Waals surface area (Å²) in [4.78, 5) is 23.3. The summed E-state index contributed by atoms with van der Waals surface area (Å²) in [5.74, 6) is -1.76. The van der Waals surface area contributed by atoms with Crippen LogP contribution in [0, 0.1) is 0 Å². The number of carbonyl (C=O) groups is 2. The third-order valence-corrected chi connectivity index (χ3v) is 3.36. The van der Waals surface area contributed by atoms with Gasteiger partial charge in [0.1, 0.15) is 0 Å². The first-order valence-corrected chi connectivity index (χ1v) is 6.81. The van der Waals surface area contributed by atoms with Crippen molar-refractivity contribution in [3.05, 3.63) is 62.6 Å². The zero-order chi connectivity index (χ0) is 15.6. The molecule has 7 heteroatoms. The third kappa shape index (κ3) is 3.67. The summed E-state index contributed by atoms with van der Waals surface area (Å²) in [6, 6.07) is 8.62. The van der Waals surface area contributed by atoms with Gasteiger partial charge >= 0.3 is 5.97 Å². The van der Waals surface area contributed by atoms with Gasteiger partial charge in [-0.2, -0.15) is 0 Å². The van der Waals surface area contributed by atoms with Gasteiger partial charge in [0.2, 0.25) is 0 Å². The highest BCUT2D eigenvalue weighted by molar-refractivity contribution is 6.36. The normalized spacial score (nSPS) is 10.2. The molecule has 2 N–H and O–H groups in total. The predicted molar refractivity (Wildman–Crippen MR) is 82.8 cm³/mol. The summed E-state index contributed by atoms with van der Waals surface area (Å²) < 4.78 is 0. The first-order valence-electron chi connectivity index (χ1n) is 5.67. The topological polar surface area (TPSA) is 66.4 Å². The number of aromatic carboxylic acids is 1. The quantitative estimate of drug-likeness (QED) is 0.855. The minimum Gasteiger partial charge on any atom is -0.478 e. The van der Waals surface area contributed by atoms with E-state index in [0.717, 1.165) is 0 Å². The monoisotopic (exact) mass is 343 g/mol. The van der Waals surface area contributed by atoms with Crippen LogP contribution in [0.25, 0.3) is 0 Å². The molecule has 0 bridgehead atoms. The van der Waals surface area contributed by atoms with Crippen LogP contribution in [0.4, 0.5) is 5.69 Å². The van der Waals surface area contributed by atoms with E-state index < -0.39 is 11.9 Å². The molecule has 0 aliphatic carbocycles. The summed E-state index contributed by atoms with van der Waals surface area (Å²) in [5.41, 5.74) is 0.112. The lowest BCUT2D eigenvalue weighted by atomic mass is 10.1. The zero-order valence-electron chi connectivity index (χ0n) is 10.4. The molecule has 0 atom stereocenters. The number of benzene rings is 2. The maximum atomic E-state index is 12.2. The van der Waals surface area contributed by atoms with Crippen LogP contribution in [0.2, 0.25) is 15.1 Å². The Hall–Kier alpha value is -1.75. The molecule has 21 heavy (non-hydrogen) atoms. The Morgan fingerprint density at radius 3 is 2.19 bits per heavy atom. The van der Waals surface area contributed by atoms with Crippen LogP contribution in [0.5, 0.6) is 0 Å². The highest BCUT2D eigenvalue weighted by Crippen LogP contribution is 2.27. The SMILES string of the molecule is O=C(Nc1c(Cl)cccc1C(=O)O)c1cc(Cl)cc(Cl)c1. The van der Waals surface area contributed by atoms with Crippen molar-refractivity contribution in [3.8, 4) is 0 Å². The number of hydrogen-bond acceptors (Lipinski definition) is 2. The van der Waals surface area contributed by atoms with E-state index in [1.165, 1.54) is 36.4 Å². The first kappa shape index (κ1) is 15.6. The fraction of sp³-hybridized carbons (Fsp3) is 0. The van der Waals surface area contributed by atoms with E-state index in [9.17, 15) is 9.59 Å². The van der Waals surface area contributed by atoms with Crippen molar-refractivity contribution in [2.75, 3.05) is 5.32 Å². The Bertz CT molecular complexity index is 711. The summed E-state index contributed by atoms with van der Waals surface area (Å²) in [5, 5.41) is 12.3. The van der Waals surface area contributed by atoms with Crippen molar-refractivity contribution in [3.63, 3.8) is 0 Å². The van der Waals surface area contributed by atoms with Crippen LogP contribution in [-0.4, -0.2) is 17.0 Å². The maximum absolute atomic E-state index is 12.2. The lowest BCUT2D eigenvalue weighted by molar-refractivity contribution is 0.0698. The van der Waals surface area contributed by atoms with Crippen LogP contribution >= 0.6 is 34.8 Å². The molecular formula is C14H8Cl3NO3. The number of nitrogens with one attached hydrogen (secondary N) is 1. The average Bonchev–Trinajstić information content (AvgIpc) is 2.39. The number of carboxylic acid groups (broad SMARTS) is 1. The summed E-state index contributed by atoms with van der Waals surface area (Å²) in [6.07, 6.45) is 0. The Morgan fingerprint density at radius 1 is 1.00 bits per heavy atom. The zero-order valence-corrected chi connectivity index (χ0v) is 12.6. The maximum Gasteiger partial charge on any atom is 0.337 e. The van der Waals surface area contributed by atoms with Crippen LogP contribution in [0.3, 0.4) is 0 Å². The Morgan fingerprint density at radius 2 is 1.62 bits per heavy atom. The van der Waals surface area contributed by atoms with Gasteiger partial charge in [0.25, 0.3) is 5.91 Å². The molecule has 0 saturated heterocycles. The minimum atomic E-state index is -1.20. The van der Waals surface area contributed by atoms with Gasteiger partial charge < -0.3 is 10.4 Å². The Labute approximate surface area is 135 Å². The smallest absolute Gasteiger partial charge is 0.337 e. The molecule has 0 spiro atoms. The van der Waals surface area contributed by atoms with Crippen LogP contribution in [0.1, 0.15) is 20.7 Å². The standard InChI is InChI=1S/C14H8Cl3NO3/c15-8-4-7(5-9(16)6-8)13(19)18-12-10(14(20)21)2-1-3-11(12)17/h1-6H,(H,18,19)(H,20,21). The minimum absolute atomic E-state index is 0.0211.